The number of aromatic nitrogens is 1. The first-order valence-corrected chi connectivity index (χ1v) is 9.95. The number of phenols is 1. The van der Waals surface area contributed by atoms with Crippen molar-refractivity contribution in [3.63, 3.8) is 0 Å². The van der Waals surface area contributed by atoms with E-state index < -0.39 is 11.9 Å². The third kappa shape index (κ3) is 3.02. The predicted octanol–water partition coefficient (Wildman–Crippen LogP) is 4.05. The number of hydrogen-bond donors (Lipinski definition) is 3. The number of nitrogens with one attached hydrogen (secondary N) is 1. The Morgan fingerprint density at radius 2 is 1.94 bits per heavy atom. The van der Waals surface area contributed by atoms with Crippen LogP contribution >= 0.6 is 0 Å². The normalized spacial score (nSPS) is 14.8. The number of rotatable bonds is 3. The average Bonchev–Trinajstić information content (AvgIpc) is 2.94. The molecule has 0 radical (unpaired) electrons. The highest BCUT2D eigenvalue weighted by Crippen LogP contribution is 2.42. The molecule has 7 heteroatoms. The molecular weight excluding hydrogens is 408 g/mol. The van der Waals surface area contributed by atoms with E-state index in [1.807, 2.05) is 18.2 Å². The van der Waals surface area contributed by atoms with Crippen LogP contribution in [0, 0.1) is 0 Å². The molecule has 2 heterocycles. The van der Waals surface area contributed by atoms with Gasteiger partial charge in [0.25, 0.3) is 0 Å². The number of fused-ring (bicyclic) bond motifs is 3. The van der Waals surface area contributed by atoms with Crippen LogP contribution in [0.2, 0.25) is 0 Å². The zero-order valence-electron chi connectivity index (χ0n) is 17.0. The first kappa shape index (κ1) is 19.6. The lowest BCUT2D eigenvalue weighted by Crippen LogP contribution is -2.13. The van der Waals surface area contributed by atoms with Gasteiger partial charge in [-0.3, -0.25) is 4.79 Å². The number of pyridine rings is 1. The Hall–Kier alpha value is -4.39. The highest BCUT2D eigenvalue weighted by molar-refractivity contribution is 6.21. The van der Waals surface area contributed by atoms with E-state index in [-0.39, 0.29) is 33.3 Å². The van der Waals surface area contributed by atoms with E-state index in [0.29, 0.717) is 22.7 Å². The monoisotopic (exact) mass is 426 g/mol. The summed E-state index contributed by atoms with van der Waals surface area (Å²) in [5.41, 5.74) is 1.96. The van der Waals surface area contributed by atoms with Crippen molar-refractivity contribution >= 4 is 34.4 Å². The lowest BCUT2D eigenvalue weighted by molar-refractivity contribution is -0.130. The fourth-order valence-electron chi connectivity index (χ4n) is 4.15. The van der Waals surface area contributed by atoms with Crippen LogP contribution in [-0.4, -0.2) is 28.2 Å². The fraction of sp³-hybridized carbons (Fsp3) is 0.0800. The van der Waals surface area contributed by atoms with Crippen LogP contribution in [0.3, 0.4) is 0 Å². The summed E-state index contributed by atoms with van der Waals surface area (Å²) in [5, 5.41) is 23.1. The number of phenolic OH excluding ortho intramolecular Hbond substituents is 1. The first-order chi connectivity index (χ1) is 15.5. The SMILES string of the molecule is CNc1ccc(C2c3ccccc3C(C(=O)O)=Cc3c2oc2cc(O)ccc2c3=O)cn1. The Morgan fingerprint density at radius 3 is 2.66 bits per heavy atom. The third-order valence-corrected chi connectivity index (χ3v) is 5.66. The summed E-state index contributed by atoms with van der Waals surface area (Å²) in [6, 6.07) is 15.0. The van der Waals surface area contributed by atoms with Crippen molar-refractivity contribution in [2.24, 2.45) is 0 Å². The van der Waals surface area contributed by atoms with Gasteiger partial charge in [0.1, 0.15) is 22.9 Å². The standard InChI is InChI=1S/C25H18N2O5/c1-26-21-9-6-13(12-27-21)22-16-5-3-2-4-15(16)18(25(30)31)11-19-23(29)17-8-7-14(28)10-20(17)32-24(19)22/h2-12,22,28H,1H3,(H,26,27)(H,30,31). The molecule has 1 aliphatic rings. The summed E-state index contributed by atoms with van der Waals surface area (Å²) >= 11 is 0. The second-order valence-corrected chi connectivity index (χ2v) is 7.50. The van der Waals surface area contributed by atoms with Gasteiger partial charge in [0, 0.05) is 19.3 Å². The molecule has 7 nitrogen and oxygen atoms in total. The van der Waals surface area contributed by atoms with Crippen molar-refractivity contribution in [3.8, 4) is 5.75 Å². The fourth-order valence-corrected chi connectivity index (χ4v) is 4.15. The van der Waals surface area contributed by atoms with Crippen molar-refractivity contribution in [3.05, 3.63) is 99.0 Å². The van der Waals surface area contributed by atoms with Gasteiger partial charge in [-0.1, -0.05) is 30.3 Å². The van der Waals surface area contributed by atoms with Gasteiger partial charge in [0.15, 0.2) is 5.43 Å². The van der Waals surface area contributed by atoms with Gasteiger partial charge in [-0.2, -0.15) is 0 Å². The summed E-state index contributed by atoms with van der Waals surface area (Å²) in [6.07, 6.45) is 3.06. The van der Waals surface area contributed by atoms with Crippen LogP contribution in [0.4, 0.5) is 5.82 Å². The first-order valence-electron chi connectivity index (χ1n) is 9.95. The van der Waals surface area contributed by atoms with E-state index in [9.17, 15) is 19.8 Å². The molecule has 1 atom stereocenters. The molecule has 1 aliphatic carbocycles. The van der Waals surface area contributed by atoms with Gasteiger partial charge < -0.3 is 19.9 Å². The van der Waals surface area contributed by atoms with Gasteiger partial charge in [-0.15, -0.1) is 0 Å². The van der Waals surface area contributed by atoms with Gasteiger partial charge >= 0.3 is 5.97 Å². The maximum Gasteiger partial charge on any atom is 0.336 e. The average molecular weight is 426 g/mol. The molecule has 32 heavy (non-hydrogen) atoms. The molecule has 0 saturated heterocycles. The molecule has 2 aromatic carbocycles. The van der Waals surface area contributed by atoms with E-state index in [1.165, 1.54) is 24.3 Å². The Morgan fingerprint density at radius 1 is 1.12 bits per heavy atom. The minimum Gasteiger partial charge on any atom is -0.508 e. The molecule has 2 aromatic heterocycles. The van der Waals surface area contributed by atoms with Gasteiger partial charge in [-0.05, 0) is 41.0 Å². The molecule has 0 amide bonds. The highest BCUT2D eigenvalue weighted by Gasteiger charge is 2.32. The number of aromatic hydroxyl groups is 1. The van der Waals surface area contributed by atoms with Crippen molar-refractivity contribution in [2.45, 2.75) is 5.92 Å². The molecule has 0 aliphatic heterocycles. The highest BCUT2D eigenvalue weighted by atomic mass is 16.4. The molecule has 158 valence electrons. The Balaban J connectivity index is 1.91. The van der Waals surface area contributed by atoms with E-state index in [2.05, 4.69) is 10.3 Å². The number of carboxylic acids is 1. The van der Waals surface area contributed by atoms with E-state index in [1.54, 1.807) is 31.4 Å². The molecule has 1 unspecified atom stereocenters. The summed E-state index contributed by atoms with van der Waals surface area (Å²) in [5.74, 6) is -0.779. The smallest absolute Gasteiger partial charge is 0.336 e. The van der Waals surface area contributed by atoms with Gasteiger partial charge in [0.2, 0.25) is 0 Å². The van der Waals surface area contributed by atoms with Crippen LogP contribution in [0.25, 0.3) is 22.6 Å². The van der Waals surface area contributed by atoms with Gasteiger partial charge in [0.05, 0.1) is 22.4 Å². The van der Waals surface area contributed by atoms with Crippen molar-refractivity contribution in [2.75, 3.05) is 12.4 Å². The van der Waals surface area contributed by atoms with Crippen molar-refractivity contribution in [1.29, 1.82) is 0 Å². The number of anilines is 1. The lowest BCUT2D eigenvalue weighted by atomic mass is 9.85. The van der Waals surface area contributed by atoms with E-state index in [0.717, 1.165) is 5.56 Å². The Bertz CT molecular complexity index is 1470. The molecule has 3 N–H and O–H groups in total. The van der Waals surface area contributed by atoms with Gasteiger partial charge in [-0.25, -0.2) is 9.78 Å². The number of carbonyl (C=O) groups is 1. The summed E-state index contributed by atoms with van der Waals surface area (Å²) in [7, 11) is 1.76. The van der Waals surface area contributed by atoms with Crippen LogP contribution in [0.15, 0.2) is 70.0 Å². The molecule has 0 spiro atoms. The van der Waals surface area contributed by atoms with Crippen LogP contribution in [0.5, 0.6) is 5.75 Å². The lowest BCUT2D eigenvalue weighted by Gasteiger charge is -2.20. The number of aliphatic carboxylic acids is 1. The minimum atomic E-state index is -1.14. The van der Waals surface area contributed by atoms with Crippen molar-refractivity contribution < 1.29 is 19.4 Å². The molecule has 5 rings (SSSR count). The minimum absolute atomic E-state index is 0.00887. The number of benzene rings is 2. The van der Waals surface area contributed by atoms with E-state index >= 15 is 0 Å². The maximum atomic E-state index is 13.4. The zero-order chi connectivity index (χ0) is 22.4. The van der Waals surface area contributed by atoms with E-state index in [4.69, 9.17) is 4.42 Å². The molecule has 4 aromatic rings. The molecular formula is C25H18N2O5. The summed E-state index contributed by atoms with van der Waals surface area (Å²) in [6.45, 7) is 0. The molecule has 0 fully saturated rings. The number of hydrogen-bond acceptors (Lipinski definition) is 6. The van der Waals surface area contributed by atoms with Crippen LogP contribution in [0.1, 0.15) is 33.9 Å². The number of nitrogens with zero attached hydrogens (tertiary/aromatic N) is 1. The Kier molecular flexibility index (Phi) is 4.52. The van der Waals surface area contributed by atoms with Crippen LogP contribution in [-0.2, 0) is 4.79 Å². The molecule has 0 saturated carbocycles. The number of carboxylic acid groups (broad SMARTS) is 1. The van der Waals surface area contributed by atoms with Crippen LogP contribution < -0.4 is 10.7 Å². The summed E-state index contributed by atoms with van der Waals surface area (Å²) < 4.78 is 6.19. The summed E-state index contributed by atoms with van der Waals surface area (Å²) in [4.78, 5) is 30.0. The second-order valence-electron chi connectivity index (χ2n) is 7.50. The quantitative estimate of drug-likeness (QED) is 0.453. The second kappa shape index (κ2) is 7.39. The third-order valence-electron chi connectivity index (χ3n) is 5.66. The molecule has 0 bridgehead atoms. The zero-order valence-corrected chi connectivity index (χ0v) is 17.0. The largest absolute Gasteiger partial charge is 0.508 e. The maximum absolute atomic E-state index is 13.4. The predicted molar refractivity (Wildman–Crippen MR) is 121 cm³/mol. The Labute approximate surface area is 182 Å². The van der Waals surface area contributed by atoms with Crippen molar-refractivity contribution in [1.82, 2.24) is 4.98 Å². The topological polar surface area (TPSA) is 113 Å².